The lowest BCUT2D eigenvalue weighted by molar-refractivity contribution is -0.125. The van der Waals surface area contributed by atoms with Crippen LogP contribution in [0.3, 0.4) is 0 Å². The first-order valence-electron chi connectivity index (χ1n) is 9.97. The maximum atomic E-state index is 13.0. The molecule has 1 aromatic rings. The Bertz CT molecular complexity index is 601. The van der Waals surface area contributed by atoms with Crippen molar-refractivity contribution in [3.05, 3.63) is 34.9 Å². The first-order valence-corrected chi connectivity index (χ1v) is 10.3. The molecule has 4 aliphatic carbocycles. The van der Waals surface area contributed by atoms with Crippen LogP contribution in [0.5, 0.6) is 0 Å². The third-order valence-corrected chi connectivity index (χ3v) is 7.23. The van der Waals surface area contributed by atoms with Crippen LogP contribution >= 0.6 is 11.6 Å². The minimum atomic E-state index is -0.0915. The highest BCUT2D eigenvalue weighted by molar-refractivity contribution is 6.30. The molecule has 1 amide bonds. The highest BCUT2D eigenvalue weighted by Crippen LogP contribution is 2.59. The summed E-state index contributed by atoms with van der Waals surface area (Å²) in [5.74, 6) is 3.16. The largest absolute Gasteiger partial charge is 0.355 e. The van der Waals surface area contributed by atoms with Gasteiger partial charge in [0.15, 0.2) is 0 Å². The number of carbonyl (C=O) groups excluding carboxylic acids is 1. The first-order chi connectivity index (χ1) is 11.9. The summed E-state index contributed by atoms with van der Waals surface area (Å²) in [7, 11) is 0. The molecule has 4 aliphatic rings. The quantitative estimate of drug-likeness (QED) is 0.747. The molecule has 5 rings (SSSR count). The van der Waals surface area contributed by atoms with Crippen LogP contribution in [-0.2, 0) is 4.79 Å². The molecule has 0 unspecified atom stereocenters. The van der Waals surface area contributed by atoms with Gasteiger partial charge in [0.1, 0.15) is 0 Å². The summed E-state index contributed by atoms with van der Waals surface area (Å²) in [6.07, 6.45) is 8.37. The van der Waals surface area contributed by atoms with Gasteiger partial charge in [-0.2, -0.15) is 0 Å². The Morgan fingerprint density at radius 1 is 1.08 bits per heavy atom. The molecule has 25 heavy (non-hydrogen) atoms. The number of hydrogen-bond acceptors (Lipinski definition) is 1. The van der Waals surface area contributed by atoms with Crippen molar-refractivity contribution in [2.45, 2.75) is 58.3 Å². The van der Waals surface area contributed by atoms with Crippen LogP contribution in [0.2, 0.25) is 5.02 Å². The Labute approximate surface area is 156 Å². The molecule has 0 aromatic heterocycles. The molecule has 0 heterocycles. The van der Waals surface area contributed by atoms with E-state index in [-0.39, 0.29) is 17.7 Å². The molecule has 136 valence electrons. The van der Waals surface area contributed by atoms with Crippen LogP contribution in [0, 0.1) is 29.1 Å². The van der Waals surface area contributed by atoms with Crippen molar-refractivity contribution in [1.29, 1.82) is 0 Å². The molecule has 1 aromatic carbocycles. The summed E-state index contributed by atoms with van der Waals surface area (Å²) in [6.45, 7) is 5.14. The topological polar surface area (TPSA) is 29.1 Å². The van der Waals surface area contributed by atoms with Crippen LogP contribution in [0.1, 0.15) is 63.9 Å². The zero-order chi connectivity index (χ0) is 17.6. The second-order valence-corrected chi connectivity index (χ2v) is 9.85. The van der Waals surface area contributed by atoms with Crippen LogP contribution in [0.25, 0.3) is 0 Å². The van der Waals surface area contributed by atoms with Crippen LogP contribution < -0.4 is 5.32 Å². The van der Waals surface area contributed by atoms with E-state index in [1.807, 2.05) is 24.3 Å². The second kappa shape index (κ2) is 6.61. The molecule has 0 spiro atoms. The summed E-state index contributed by atoms with van der Waals surface area (Å²) in [4.78, 5) is 13.0. The Kier molecular flexibility index (Phi) is 4.60. The lowest BCUT2D eigenvalue weighted by Gasteiger charge is -2.57. The summed E-state index contributed by atoms with van der Waals surface area (Å²) in [5, 5.41) is 4.08. The van der Waals surface area contributed by atoms with Crippen LogP contribution in [-0.4, -0.2) is 12.5 Å². The molecule has 0 radical (unpaired) electrons. The molecule has 0 aliphatic heterocycles. The van der Waals surface area contributed by atoms with E-state index < -0.39 is 0 Å². The fraction of sp³-hybridized carbons (Fsp3) is 0.682. The van der Waals surface area contributed by atoms with Crippen molar-refractivity contribution < 1.29 is 4.79 Å². The van der Waals surface area contributed by atoms with Gasteiger partial charge in [-0.05, 0) is 85.3 Å². The lowest BCUT2D eigenvalue weighted by atomic mass is 9.49. The zero-order valence-electron chi connectivity index (χ0n) is 15.4. The van der Waals surface area contributed by atoms with E-state index in [2.05, 4.69) is 19.2 Å². The smallest absolute Gasteiger partial charge is 0.227 e. The van der Waals surface area contributed by atoms with Gasteiger partial charge in [0, 0.05) is 11.6 Å². The Morgan fingerprint density at radius 2 is 1.60 bits per heavy atom. The summed E-state index contributed by atoms with van der Waals surface area (Å²) in [5.41, 5.74) is 1.47. The molecule has 4 bridgehead atoms. The molecule has 1 N–H and O–H groups in total. The number of carbonyl (C=O) groups is 1. The van der Waals surface area contributed by atoms with E-state index in [1.165, 1.54) is 38.5 Å². The van der Waals surface area contributed by atoms with Gasteiger partial charge in [-0.25, -0.2) is 0 Å². The van der Waals surface area contributed by atoms with Gasteiger partial charge in [0.25, 0.3) is 0 Å². The van der Waals surface area contributed by atoms with Crippen molar-refractivity contribution in [3.63, 3.8) is 0 Å². The maximum Gasteiger partial charge on any atom is 0.227 e. The van der Waals surface area contributed by atoms with Crippen LogP contribution in [0.15, 0.2) is 24.3 Å². The molecular formula is C22H30ClNO. The molecule has 4 fully saturated rings. The summed E-state index contributed by atoms with van der Waals surface area (Å²) >= 11 is 6.01. The van der Waals surface area contributed by atoms with E-state index in [0.29, 0.717) is 5.41 Å². The van der Waals surface area contributed by atoms with Gasteiger partial charge in [0.2, 0.25) is 5.91 Å². The van der Waals surface area contributed by atoms with Crippen molar-refractivity contribution >= 4 is 17.5 Å². The SMILES string of the molecule is CC(C)[C@@H](C(=O)NCC12CC3CC(CC(C3)C1)C2)c1ccc(Cl)cc1. The van der Waals surface area contributed by atoms with E-state index in [0.717, 1.165) is 34.9 Å². The summed E-state index contributed by atoms with van der Waals surface area (Å²) < 4.78 is 0. The standard InChI is InChI=1S/C22H30ClNO/c1-14(2)20(18-3-5-19(23)6-4-18)21(25)24-13-22-10-15-7-16(11-22)9-17(8-15)12-22/h3-6,14-17,20H,7-13H2,1-2H3,(H,24,25)/t15?,16?,17?,20-,22?/m1/s1. The number of halogens is 1. The molecule has 1 atom stereocenters. The van der Waals surface area contributed by atoms with Gasteiger partial charge in [-0.15, -0.1) is 0 Å². The number of nitrogens with one attached hydrogen (secondary N) is 1. The van der Waals surface area contributed by atoms with Crippen molar-refractivity contribution in [3.8, 4) is 0 Å². The highest BCUT2D eigenvalue weighted by atomic mass is 35.5. The predicted molar refractivity (Wildman–Crippen MR) is 103 cm³/mol. The predicted octanol–water partition coefficient (Wildman–Crippen LogP) is 5.41. The van der Waals surface area contributed by atoms with E-state index >= 15 is 0 Å². The van der Waals surface area contributed by atoms with Gasteiger partial charge < -0.3 is 5.32 Å². The van der Waals surface area contributed by atoms with Crippen molar-refractivity contribution in [2.75, 3.05) is 6.54 Å². The highest BCUT2D eigenvalue weighted by Gasteiger charge is 2.50. The number of rotatable bonds is 5. The molecule has 4 saturated carbocycles. The van der Waals surface area contributed by atoms with Gasteiger partial charge in [0.05, 0.1) is 5.92 Å². The van der Waals surface area contributed by atoms with Gasteiger partial charge in [-0.1, -0.05) is 37.6 Å². The Hall–Kier alpha value is -1.02. The average molecular weight is 360 g/mol. The molecule has 0 saturated heterocycles. The van der Waals surface area contributed by atoms with E-state index in [1.54, 1.807) is 0 Å². The fourth-order valence-electron chi connectivity index (χ4n) is 6.40. The van der Waals surface area contributed by atoms with Crippen molar-refractivity contribution in [1.82, 2.24) is 5.32 Å². The third-order valence-electron chi connectivity index (χ3n) is 6.98. The first kappa shape index (κ1) is 17.4. The fourth-order valence-corrected chi connectivity index (χ4v) is 6.53. The normalized spacial score (nSPS) is 34.3. The minimum absolute atomic E-state index is 0.0915. The third kappa shape index (κ3) is 3.47. The Morgan fingerprint density at radius 3 is 2.08 bits per heavy atom. The molecule has 3 heteroatoms. The van der Waals surface area contributed by atoms with E-state index in [4.69, 9.17) is 11.6 Å². The monoisotopic (exact) mass is 359 g/mol. The maximum absolute atomic E-state index is 13.0. The number of benzene rings is 1. The Balaban J connectivity index is 1.44. The lowest BCUT2D eigenvalue weighted by Crippen LogP contribution is -2.51. The average Bonchev–Trinajstić information content (AvgIpc) is 2.53. The van der Waals surface area contributed by atoms with Gasteiger partial charge in [-0.3, -0.25) is 4.79 Å². The second-order valence-electron chi connectivity index (χ2n) is 9.41. The summed E-state index contributed by atoms with van der Waals surface area (Å²) in [6, 6.07) is 7.77. The number of hydrogen-bond donors (Lipinski definition) is 1. The van der Waals surface area contributed by atoms with Crippen molar-refractivity contribution in [2.24, 2.45) is 29.1 Å². The van der Waals surface area contributed by atoms with Gasteiger partial charge >= 0.3 is 0 Å². The minimum Gasteiger partial charge on any atom is -0.355 e. The molecular weight excluding hydrogens is 330 g/mol. The number of amides is 1. The molecule has 2 nitrogen and oxygen atoms in total. The zero-order valence-corrected chi connectivity index (χ0v) is 16.2. The van der Waals surface area contributed by atoms with Crippen LogP contribution in [0.4, 0.5) is 0 Å². The van der Waals surface area contributed by atoms with E-state index in [9.17, 15) is 4.79 Å².